The molecule has 4 aromatic rings. The first kappa shape index (κ1) is 28.9. The first-order valence-corrected chi connectivity index (χ1v) is 14.2. The number of rotatable bonds is 6. The molecule has 2 fully saturated rings. The Morgan fingerprint density at radius 1 is 1.09 bits per heavy atom. The number of amides is 1. The molecule has 2 saturated heterocycles. The van der Waals surface area contributed by atoms with Gasteiger partial charge in [0.1, 0.15) is 34.2 Å². The smallest absolute Gasteiger partial charge is 0.416 e. The predicted molar refractivity (Wildman–Crippen MR) is 151 cm³/mol. The van der Waals surface area contributed by atoms with Crippen LogP contribution in [0.1, 0.15) is 68.0 Å². The fourth-order valence-electron chi connectivity index (χ4n) is 6.33. The van der Waals surface area contributed by atoms with Gasteiger partial charge >= 0.3 is 6.18 Å². The van der Waals surface area contributed by atoms with Crippen molar-refractivity contribution in [1.82, 2.24) is 19.3 Å². The van der Waals surface area contributed by atoms with Gasteiger partial charge in [0.2, 0.25) is 11.9 Å². The second-order valence-electron chi connectivity index (χ2n) is 11.3. The van der Waals surface area contributed by atoms with E-state index in [2.05, 4.69) is 4.98 Å². The van der Waals surface area contributed by atoms with Gasteiger partial charge in [-0.2, -0.15) is 17.6 Å². The third-order valence-electron chi connectivity index (χ3n) is 8.60. The molecule has 2 aromatic heterocycles. The molecule has 0 spiro atoms. The zero-order valence-corrected chi connectivity index (χ0v) is 23.7. The van der Waals surface area contributed by atoms with Crippen molar-refractivity contribution in [2.75, 3.05) is 18.9 Å². The van der Waals surface area contributed by atoms with Gasteiger partial charge in [-0.25, -0.2) is 9.97 Å². The Bertz CT molecular complexity index is 1720. The Balaban J connectivity index is 1.46. The molecule has 2 aromatic carbocycles. The van der Waals surface area contributed by atoms with Crippen LogP contribution < -0.4 is 10.5 Å². The fraction of sp³-hybridized carbons (Fsp3) is 0.387. The lowest BCUT2D eigenvalue weighted by Crippen LogP contribution is -2.41. The summed E-state index contributed by atoms with van der Waals surface area (Å²) in [6, 6.07) is 9.45. The number of piperidine rings is 1. The first-order valence-electron chi connectivity index (χ1n) is 14.2. The van der Waals surface area contributed by atoms with Gasteiger partial charge in [0.05, 0.1) is 18.4 Å². The van der Waals surface area contributed by atoms with Gasteiger partial charge in [0, 0.05) is 30.5 Å². The van der Waals surface area contributed by atoms with E-state index in [0.29, 0.717) is 36.5 Å². The molecule has 8 nitrogen and oxygen atoms in total. The van der Waals surface area contributed by atoms with Gasteiger partial charge < -0.3 is 20.5 Å². The summed E-state index contributed by atoms with van der Waals surface area (Å²) in [5.74, 6) is -0.0802. The molecule has 226 valence electrons. The summed E-state index contributed by atoms with van der Waals surface area (Å²) in [6.45, 7) is 3.81. The van der Waals surface area contributed by atoms with Crippen LogP contribution in [0.4, 0.5) is 23.4 Å². The van der Waals surface area contributed by atoms with Crippen LogP contribution in [-0.4, -0.2) is 49.5 Å². The number of nitrogen functional groups attached to an aromatic ring is 1. The molecule has 0 radical (unpaired) electrons. The normalized spacial score (nSPS) is 20.3. The lowest BCUT2D eigenvalue weighted by atomic mass is 9.86. The molecule has 0 unspecified atom stereocenters. The number of carbonyl (C=O) groups excluding carboxylic acids is 1. The largest absolute Gasteiger partial charge is 0.493 e. The molecule has 3 N–H and O–H groups in total. The van der Waals surface area contributed by atoms with E-state index in [9.17, 15) is 23.1 Å². The maximum atomic E-state index is 15.4. The van der Waals surface area contributed by atoms with Crippen LogP contribution in [0.3, 0.4) is 0 Å². The number of carbonyl (C=O) groups is 1. The van der Waals surface area contributed by atoms with Gasteiger partial charge in [-0.3, -0.25) is 9.20 Å². The number of imidazole rings is 1. The molecule has 0 aliphatic carbocycles. The van der Waals surface area contributed by atoms with E-state index >= 15 is 4.39 Å². The number of nitrogens with two attached hydrogens (primary N) is 1. The maximum Gasteiger partial charge on any atom is 0.416 e. The lowest BCUT2D eigenvalue weighted by Gasteiger charge is -2.34. The van der Waals surface area contributed by atoms with Gasteiger partial charge in [0.25, 0.3) is 0 Å². The van der Waals surface area contributed by atoms with Crippen LogP contribution in [0, 0.1) is 5.95 Å². The molecule has 2 aliphatic rings. The van der Waals surface area contributed by atoms with Gasteiger partial charge in [-0.1, -0.05) is 18.2 Å². The molecule has 1 amide bonds. The van der Waals surface area contributed by atoms with Crippen molar-refractivity contribution in [2.45, 2.75) is 63.3 Å². The fourth-order valence-corrected chi connectivity index (χ4v) is 6.33. The Kier molecular flexibility index (Phi) is 7.07. The van der Waals surface area contributed by atoms with Crippen LogP contribution in [0.15, 0.2) is 48.7 Å². The monoisotopic (exact) mass is 597 g/mol. The Labute approximate surface area is 245 Å². The number of benzene rings is 2. The minimum absolute atomic E-state index is 0.0450. The van der Waals surface area contributed by atoms with E-state index in [0.717, 1.165) is 31.2 Å². The molecule has 4 heterocycles. The van der Waals surface area contributed by atoms with Crippen molar-refractivity contribution in [3.63, 3.8) is 0 Å². The van der Waals surface area contributed by atoms with Crippen LogP contribution in [0.5, 0.6) is 5.75 Å². The summed E-state index contributed by atoms with van der Waals surface area (Å²) in [6.07, 6.45) is -0.721. The first-order chi connectivity index (χ1) is 20.4. The highest BCUT2D eigenvalue weighted by molar-refractivity contribution is 5.88. The molecule has 43 heavy (non-hydrogen) atoms. The van der Waals surface area contributed by atoms with Crippen molar-refractivity contribution in [3.05, 3.63) is 77.1 Å². The van der Waals surface area contributed by atoms with E-state index in [-0.39, 0.29) is 52.7 Å². The zero-order chi connectivity index (χ0) is 30.7. The number of nitrogens with zero attached hydrogens (tertiary/aromatic N) is 4. The number of halogens is 4. The second-order valence-corrected chi connectivity index (χ2v) is 11.3. The summed E-state index contributed by atoms with van der Waals surface area (Å²) in [7, 11) is 0. The zero-order valence-electron chi connectivity index (χ0n) is 23.7. The van der Waals surface area contributed by atoms with E-state index in [1.165, 1.54) is 23.5 Å². The number of aliphatic hydroxyl groups is 1. The summed E-state index contributed by atoms with van der Waals surface area (Å²) >= 11 is 0. The van der Waals surface area contributed by atoms with E-state index in [4.69, 9.17) is 15.5 Å². The van der Waals surface area contributed by atoms with Crippen LogP contribution >= 0.6 is 0 Å². The summed E-state index contributed by atoms with van der Waals surface area (Å²) < 4.78 is 62.9. The number of alkyl halides is 3. The molecule has 3 atom stereocenters. The topological polar surface area (TPSA) is 106 Å². The average Bonchev–Trinajstić information content (AvgIpc) is 3.56. The number of aromatic nitrogens is 3. The third kappa shape index (κ3) is 4.97. The lowest BCUT2D eigenvalue weighted by molar-refractivity contribution is -0.137. The van der Waals surface area contributed by atoms with Gasteiger partial charge in [-0.05, 0) is 68.5 Å². The highest BCUT2D eigenvalue weighted by Gasteiger charge is 2.39. The minimum atomic E-state index is -4.57. The third-order valence-corrected chi connectivity index (χ3v) is 8.60. The highest BCUT2D eigenvalue weighted by atomic mass is 19.4. The molecule has 6 rings (SSSR count). The van der Waals surface area contributed by atoms with E-state index in [1.807, 2.05) is 4.90 Å². The standard InChI is InChI=1S/C31H31F4N5O3/c1-3-43-23-14-19(30(2,42)18-5-4-6-20(13-18)31(33,34)35)8-11-22(23)26-27-28(36)37-15-24(32)40(27)29(38-26)17-7-9-21-10-12-25(41)39(21)16-17/h4-6,8,11,13-15,17,21,42H,3,7,9-10,12,16H2,1-2H3,(H2,36,37)/t17-,21+,30+/m1/s1. The number of hydrogen-bond donors (Lipinski definition) is 2. The van der Waals surface area contributed by atoms with E-state index < -0.39 is 23.3 Å². The molecule has 12 heteroatoms. The van der Waals surface area contributed by atoms with Gasteiger partial charge in [0.15, 0.2) is 0 Å². The van der Waals surface area contributed by atoms with Crippen molar-refractivity contribution in [3.8, 4) is 17.0 Å². The molecular formula is C31H31F4N5O3. The summed E-state index contributed by atoms with van der Waals surface area (Å²) in [5.41, 5.74) is 4.93. The van der Waals surface area contributed by atoms with E-state index in [1.54, 1.807) is 25.1 Å². The molecular weight excluding hydrogens is 566 g/mol. The van der Waals surface area contributed by atoms with Gasteiger partial charge in [-0.15, -0.1) is 0 Å². The van der Waals surface area contributed by atoms with Crippen LogP contribution in [0.25, 0.3) is 16.8 Å². The maximum absolute atomic E-state index is 15.4. The molecule has 2 aliphatic heterocycles. The highest BCUT2D eigenvalue weighted by Crippen LogP contribution is 2.43. The van der Waals surface area contributed by atoms with Crippen molar-refractivity contribution >= 4 is 17.2 Å². The Hall–Kier alpha value is -4.19. The summed E-state index contributed by atoms with van der Waals surface area (Å²) in [5, 5.41) is 11.5. The number of fused-ring (bicyclic) bond motifs is 2. The molecule has 0 saturated carbocycles. The van der Waals surface area contributed by atoms with Crippen molar-refractivity contribution in [2.24, 2.45) is 0 Å². The number of anilines is 1. The number of ether oxygens (including phenoxy) is 1. The average molecular weight is 598 g/mol. The number of hydrogen-bond acceptors (Lipinski definition) is 6. The summed E-state index contributed by atoms with van der Waals surface area (Å²) in [4.78, 5) is 23.2. The van der Waals surface area contributed by atoms with Crippen LogP contribution in [0.2, 0.25) is 0 Å². The Morgan fingerprint density at radius 2 is 1.84 bits per heavy atom. The van der Waals surface area contributed by atoms with Crippen molar-refractivity contribution in [1.29, 1.82) is 0 Å². The predicted octanol–water partition coefficient (Wildman–Crippen LogP) is 5.66. The Morgan fingerprint density at radius 3 is 2.58 bits per heavy atom. The van der Waals surface area contributed by atoms with Crippen molar-refractivity contribution < 1.29 is 32.2 Å². The minimum Gasteiger partial charge on any atom is -0.493 e. The second kappa shape index (κ2) is 10.5. The van der Waals surface area contributed by atoms with Crippen LogP contribution in [-0.2, 0) is 16.6 Å². The molecule has 0 bridgehead atoms. The quantitative estimate of drug-likeness (QED) is 0.278. The SMILES string of the molecule is CCOc1cc([C@@](C)(O)c2cccc(C(F)(F)F)c2)ccc1-c1nc([C@@H]2CC[C@H]3CCC(=O)N3C2)n2c(F)cnc(N)c12.